The highest BCUT2D eigenvalue weighted by Gasteiger charge is 2.37. The smallest absolute Gasteiger partial charge is 0.253 e. The van der Waals surface area contributed by atoms with Gasteiger partial charge in [-0.3, -0.25) is 4.79 Å². The lowest BCUT2D eigenvalue weighted by Gasteiger charge is -2.41. The van der Waals surface area contributed by atoms with Gasteiger partial charge in [0, 0.05) is 25.8 Å². The number of hydrogen-bond donors (Lipinski definition) is 2. The normalized spacial score (nSPS) is 20.7. The Hall–Kier alpha value is -1.71. The third-order valence-electron chi connectivity index (χ3n) is 5.32. The summed E-state index contributed by atoms with van der Waals surface area (Å²) in [5.74, 6) is -0.0360. The zero-order valence-electron chi connectivity index (χ0n) is 12.8. The van der Waals surface area contributed by atoms with Gasteiger partial charge >= 0.3 is 0 Å². The Kier molecular flexibility index (Phi) is 3.79. The highest BCUT2D eigenvalue weighted by Crippen LogP contribution is 2.47. The van der Waals surface area contributed by atoms with Crippen molar-refractivity contribution in [3.05, 3.63) is 23.8 Å². The van der Waals surface area contributed by atoms with Gasteiger partial charge in [0.15, 0.2) is 0 Å². The van der Waals surface area contributed by atoms with Crippen molar-refractivity contribution in [1.82, 2.24) is 5.32 Å². The van der Waals surface area contributed by atoms with E-state index in [9.17, 15) is 4.79 Å². The van der Waals surface area contributed by atoms with Crippen LogP contribution in [-0.2, 0) is 0 Å². The molecule has 2 fully saturated rings. The second-order valence-corrected chi connectivity index (χ2v) is 6.55. The molecule has 3 rings (SSSR count). The number of rotatable bonds is 2. The van der Waals surface area contributed by atoms with Crippen LogP contribution in [0.5, 0.6) is 0 Å². The van der Waals surface area contributed by atoms with E-state index in [-0.39, 0.29) is 5.91 Å². The lowest BCUT2D eigenvalue weighted by molar-refractivity contribution is 0.0963. The predicted octanol–water partition coefficient (Wildman–Crippen LogP) is 2.79. The Morgan fingerprint density at radius 3 is 2.48 bits per heavy atom. The van der Waals surface area contributed by atoms with E-state index in [2.05, 4.69) is 10.2 Å². The topological polar surface area (TPSA) is 58.4 Å². The minimum Gasteiger partial charge on any atom is -0.399 e. The molecule has 1 aromatic rings. The number of nitrogens with two attached hydrogens (primary N) is 1. The van der Waals surface area contributed by atoms with Crippen LogP contribution in [-0.4, -0.2) is 26.0 Å². The number of nitrogens with zero attached hydrogens (tertiary/aromatic N) is 1. The first kappa shape index (κ1) is 14.2. The number of nitrogens with one attached hydrogen (secondary N) is 1. The lowest BCUT2D eigenvalue weighted by Crippen LogP contribution is -2.39. The van der Waals surface area contributed by atoms with Gasteiger partial charge in [0.1, 0.15) is 0 Å². The first-order chi connectivity index (χ1) is 10.1. The van der Waals surface area contributed by atoms with Crippen LogP contribution in [0, 0.1) is 5.41 Å². The fraction of sp³-hybridized carbons (Fsp3) is 0.588. The molecule has 4 heteroatoms. The van der Waals surface area contributed by atoms with Crippen molar-refractivity contribution in [2.45, 2.75) is 38.5 Å². The predicted molar refractivity (Wildman–Crippen MR) is 86.6 cm³/mol. The second-order valence-electron chi connectivity index (χ2n) is 6.55. The van der Waals surface area contributed by atoms with Crippen molar-refractivity contribution in [3.8, 4) is 0 Å². The van der Waals surface area contributed by atoms with Gasteiger partial charge in [-0.15, -0.1) is 0 Å². The van der Waals surface area contributed by atoms with Crippen LogP contribution in [0.3, 0.4) is 0 Å². The van der Waals surface area contributed by atoms with Crippen molar-refractivity contribution in [1.29, 1.82) is 0 Å². The van der Waals surface area contributed by atoms with Crippen LogP contribution in [0.2, 0.25) is 0 Å². The molecule has 0 bridgehead atoms. The molecule has 1 aliphatic heterocycles. The largest absolute Gasteiger partial charge is 0.399 e. The molecule has 4 nitrogen and oxygen atoms in total. The standard InChI is InChI=1S/C17H25N3O/c1-19-16(21)14-5-4-13(18)12-15(14)20-10-8-17(9-11-20)6-2-3-7-17/h4-5,12H,2-3,6-11,18H2,1H3,(H,19,21). The van der Waals surface area contributed by atoms with E-state index in [0.717, 1.165) is 30.0 Å². The number of anilines is 2. The van der Waals surface area contributed by atoms with Crippen LogP contribution in [0.1, 0.15) is 48.9 Å². The van der Waals surface area contributed by atoms with Gasteiger partial charge in [0.25, 0.3) is 5.91 Å². The minimum absolute atomic E-state index is 0.0360. The molecule has 3 N–H and O–H groups in total. The van der Waals surface area contributed by atoms with Gasteiger partial charge < -0.3 is 16.0 Å². The third-order valence-corrected chi connectivity index (χ3v) is 5.32. The Bertz CT molecular complexity index is 525. The number of carbonyl (C=O) groups is 1. The molecule has 0 radical (unpaired) electrons. The van der Waals surface area contributed by atoms with Gasteiger partial charge in [-0.25, -0.2) is 0 Å². The van der Waals surface area contributed by atoms with E-state index in [1.807, 2.05) is 12.1 Å². The van der Waals surface area contributed by atoms with E-state index in [0.29, 0.717) is 5.41 Å². The summed E-state index contributed by atoms with van der Waals surface area (Å²) in [4.78, 5) is 14.4. The maximum absolute atomic E-state index is 12.1. The van der Waals surface area contributed by atoms with Crippen LogP contribution in [0.25, 0.3) is 0 Å². The summed E-state index contributed by atoms with van der Waals surface area (Å²) in [6.45, 7) is 2.07. The fourth-order valence-corrected chi connectivity index (χ4v) is 3.98. The van der Waals surface area contributed by atoms with Gasteiger partial charge in [0.2, 0.25) is 0 Å². The highest BCUT2D eigenvalue weighted by atomic mass is 16.1. The maximum atomic E-state index is 12.1. The van der Waals surface area contributed by atoms with E-state index in [1.54, 1.807) is 13.1 Å². The van der Waals surface area contributed by atoms with Gasteiger partial charge in [0.05, 0.1) is 11.3 Å². The summed E-state index contributed by atoms with van der Waals surface area (Å²) in [5, 5.41) is 2.72. The molecule has 1 aromatic carbocycles. The Balaban J connectivity index is 1.81. The van der Waals surface area contributed by atoms with E-state index in [1.165, 1.54) is 38.5 Å². The number of amides is 1. The van der Waals surface area contributed by atoms with Crippen LogP contribution in [0.4, 0.5) is 11.4 Å². The zero-order valence-corrected chi connectivity index (χ0v) is 12.8. The zero-order chi connectivity index (χ0) is 14.9. The molecule has 1 aliphatic carbocycles. The monoisotopic (exact) mass is 287 g/mol. The summed E-state index contributed by atoms with van der Waals surface area (Å²) >= 11 is 0. The van der Waals surface area contributed by atoms with Crippen molar-refractivity contribution >= 4 is 17.3 Å². The molecule has 1 amide bonds. The number of carbonyl (C=O) groups excluding carboxylic acids is 1. The molecule has 0 atom stereocenters. The highest BCUT2D eigenvalue weighted by molar-refractivity contribution is 6.00. The van der Waals surface area contributed by atoms with Crippen molar-refractivity contribution in [3.63, 3.8) is 0 Å². The molecular weight excluding hydrogens is 262 g/mol. The Morgan fingerprint density at radius 2 is 1.86 bits per heavy atom. The molecular formula is C17H25N3O. The summed E-state index contributed by atoms with van der Waals surface area (Å²) in [5.41, 5.74) is 8.96. The molecule has 1 heterocycles. The van der Waals surface area contributed by atoms with E-state index < -0.39 is 0 Å². The van der Waals surface area contributed by atoms with E-state index >= 15 is 0 Å². The van der Waals surface area contributed by atoms with Gasteiger partial charge in [-0.05, 0) is 49.3 Å². The molecule has 1 saturated heterocycles. The number of nitrogen functional groups attached to an aromatic ring is 1. The molecule has 2 aliphatic rings. The molecule has 1 spiro atoms. The molecule has 114 valence electrons. The number of hydrogen-bond acceptors (Lipinski definition) is 3. The molecule has 21 heavy (non-hydrogen) atoms. The maximum Gasteiger partial charge on any atom is 0.253 e. The van der Waals surface area contributed by atoms with Crippen molar-refractivity contribution < 1.29 is 4.79 Å². The van der Waals surface area contributed by atoms with E-state index in [4.69, 9.17) is 5.73 Å². The summed E-state index contributed by atoms with van der Waals surface area (Å²) in [7, 11) is 1.67. The SMILES string of the molecule is CNC(=O)c1ccc(N)cc1N1CCC2(CCCC2)CC1. The van der Waals surface area contributed by atoms with Crippen molar-refractivity contribution in [2.75, 3.05) is 30.8 Å². The second kappa shape index (κ2) is 5.58. The molecule has 0 unspecified atom stereocenters. The van der Waals surface area contributed by atoms with Gasteiger partial charge in [-0.1, -0.05) is 12.8 Å². The lowest BCUT2D eigenvalue weighted by atomic mass is 9.77. The average Bonchev–Trinajstić information content (AvgIpc) is 2.95. The third kappa shape index (κ3) is 2.71. The van der Waals surface area contributed by atoms with Crippen LogP contribution >= 0.6 is 0 Å². The fourth-order valence-electron chi connectivity index (χ4n) is 3.98. The number of benzene rings is 1. The number of piperidine rings is 1. The molecule has 0 aromatic heterocycles. The molecule has 1 saturated carbocycles. The first-order valence-electron chi connectivity index (χ1n) is 8.00. The summed E-state index contributed by atoms with van der Waals surface area (Å²) < 4.78 is 0. The Morgan fingerprint density at radius 1 is 1.19 bits per heavy atom. The van der Waals surface area contributed by atoms with Crippen LogP contribution in [0.15, 0.2) is 18.2 Å². The summed E-state index contributed by atoms with van der Waals surface area (Å²) in [6.07, 6.45) is 8.05. The van der Waals surface area contributed by atoms with Crippen LogP contribution < -0.4 is 16.0 Å². The Labute approximate surface area is 126 Å². The first-order valence-corrected chi connectivity index (χ1v) is 8.00. The average molecular weight is 287 g/mol. The van der Waals surface area contributed by atoms with Gasteiger partial charge in [-0.2, -0.15) is 0 Å². The quantitative estimate of drug-likeness (QED) is 0.822. The minimum atomic E-state index is -0.0360. The summed E-state index contributed by atoms with van der Waals surface area (Å²) in [6, 6.07) is 5.58. The van der Waals surface area contributed by atoms with Crippen molar-refractivity contribution in [2.24, 2.45) is 5.41 Å².